The Morgan fingerprint density at radius 1 is 1.00 bits per heavy atom. The highest BCUT2D eigenvalue weighted by molar-refractivity contribution is 5.60. The molecule has 140 valence electrons. The molecule has 0 aromatic heterocycles. The minimum atomic E-state index is -0.594. The first-order valence-corrected chi connectivity index (χ1v) is 9.53. The second-order valence-electron chi connectivity index (χ2n) is 7.26. The Hall–Kier alpha value is -2.20. The van der Waals surface area contributed by atoms with Gasteiger partial charge in [-0.2, -0.15) is 0 Å². The van der Waals surface area contributed by atoms with Crippen LogP contribution in [0.1, 0.15) is 28.7 Å². The van der Waals surface area contributed by atoms with Crippen molar-refractivity contribution in [1.29, 1.82) is 0 Å². The van der Waals surface area contributed by atoms with Crippen molar-refractivity contribution < 1.29 is 14.2 Å². The summed E-state index contributed by atoms with van der Waals surface area (Å²) in [4.78, 5) is 0. The van der Waals surface area contributed by atoms with E-state index >= 15 is 0 Å². The molecule has 2 saturated heterocycles. The van der Waals surface area contributed by atoms with Gasteiger partial charge < -0.3 is 14.2 Å². The molecule has 0 N–H and O–H groups in total. The summed E-state index contributed by atoms with van der Waals surface area (Å²) < 4.78 is 17.3. The van der Waals surface area contributed by atoms with Gasteiger partial charge in [0.05, 0.1) is 25.9 Å². The third-order valence-corrected chi connectivity index (χ3v) is 5.29. The largest absolute Gasteiger partial charge is 0.373 e. The lowest BCUT2D eigenvalue weighted by Crippen LogP contribution is -2.32. The Morgan fingerprint density at radius 2 is 1.74 bits per heavy atom. The van der Waals surface area contributed by atoms with Crippen molar-refractivity contribution in [2.24, 2.45) is 0 Å². The summed E-state index contributed by atoms with van der Waals surface area (Å²) in [7, 11) is 0. The highest BCUT2D eigenvalue weighted by Gasteiger charge is 2.41. The number of hydrogen-bond donors (Lipinski definition) is 0. The average Bonchev–Trinajstić information content (AvgIpc) is 3.62. The predicted octanol–water partition coefficient (Wildman–Crippen LogP) is 4.51. The maximum Gasteiger partial charge on any atom is 0.114 e. The summed E-state index contributed by atoms with van der Waals surface area (Å²) in [6.07, 6.45) is 5.90. The molecule has 0 saturated carbocycles. The van der Waals surface area contributed by atoms with Gasteiger partial charge in [-0.25, -0.2) is 0 Å². The van der Waals surface area contributed by atoms with E-state index in [1.54, 1.807) is 0 Å². The van der Waals surface area contributed by atoms with Gasteiger partial charge >= 0.3 is 0 Å². The lowest BCUT2D eigenvalue weighted by molar-refractivity contribution is -0.0300. The molecule has 0 aliphatic carbocycles. The van der Waals surface area contributed by atoms with Gasteiger partial charge in [-0.05, 0) is 28.7 Å². The van der Waals surface area contributed by atoms with Gasteiger partial charge in [0.15, 0.2) is 0 Å². The highest BCUT2D eigenvalue weighted by Crippen LogP contribution is 2.40. The average molecular weight is 362 g/mol. The summed E-state index contributed by atoms with van der Waals surface area (Å²) >= 11 is 0. The van der Waals surface area contributed by atoms with E-state index in [9.17, 15) is 0 Å². The van der Waals surface area contributed by atoms with E-state index in [1.165, 1.54) is 11.1 Å². The molecule has 3 heteroatoms. The van der Waals surface area contributed by atoms with Crippen LogP contribution in [0, 0.1) is 0 Å². The fourth-order valence-corrected chi connectivity index (χ4v) is 3.62. The number of epoxide rings is 2. The molecule has 4 rings (SSSR count). The van der Waals surface area contributed by atoms with E-state index < -0.39 is 5.60 Å². The summed E-state index contributed by atoms with van der Waals surface area (Å²) in [5.41, 5.74) is 4.15. The Morgan fingerprint density at radius 3 is 2.37 bits per heavy atom. The second kappa shape index (κ2) is 7.81. The predicted molar refractivity (Wildman–Crippen MR) is 108 cm³/mol. The van der Waals surface area contributed by atoms with Crippen LogP contribution in [-0.2, 0) is 26.2 Å². The molecule has 27 heavy (non-hydrogen) atoms. The van der Waals surface area contributed by atoms with Crippen molar-refractivity contribution in [1.82, 2.24) is 0 Å². The maximum atomic E-state index is 6.42. The Bertz CT molecular complexity index is 806. The van der Waals surface area contributed by atoms with E-state index in [2.05, 4.69) is 55.6 Å². The molecule has 0 spiro atoms. The van der Waals surface area contributed by atoms with Crippen molar-refractivity contribution in [2.45, 2.75) is 30.7 Å². The smallest absolute Gasteiger partial charge is 0.114 e. The highest BCUT2D eigenvalue weighted by atomic mass is 16.6. The number of ether oxygens (including phenoxy) is 3. The van der Waals surface area contributed by atoms with Gasteiger partial charge in [-0.15, -0.1) is 0 Å². The monoisotopic (exact) mass is 362 g/mol. The SMILES string of the molecule is C=Cc1c(Cc2ccccc2)cccc1C(C=C)(CC1CO1)OCC1CO1. The molecule has 0 radical (unpaired) electrons. The Balaban J connectivity index is 1.70. The number of rotatable bonds is 10. The molecule has 2 aliphatic heterocycles. The van der Waals surface area contributed by atoms with E-state index in [0.29, 0.717) is 6.61 Å². The molecule has 2 fully saturated rings. The molecular formula is C24H26O3. The van der Waals surface area contributed by atoms with Gasteiger partial charge in [0.25, 0.3) is 0 Å². The van der Waals surface area contributed by atoms with E-state index in [-0.39, 0.29) is 12.2 Å². The summed E-state index contributed by atoms with van der Waals surface area (Å²) in [5, 5.41) is 0. The van der Waals surface area contributed by atoms with E-state index in [4.69, 9.17) is 14.2 Å². The standard InChI is InChI=1S/C24H26O3/c1-3-22-19(13-18-9-6-5-7-10-18)11-8-12-23(22)24(4-2,14-20-15-25-20)27-17-21-16-26-21/h3-12,20-21H,1-2,13-17H2. The van der Waals surface area contributed by atoms with Crippen molar-refractivity contribution in [3.05, 3.63) is 90.0 Å². The molecule has 2 aromatic carbocycles. The first-order chi connectivity index (χ1) is 13.2. The number of benzene rings is 2. The van der Waals surface area contributed by atoms with Crippen LogP contribution in [-0.4, -0.2) is 32.0 Å². The van der Waals surface area contributed by atoms with Crippen LogP contribution in [0.15, 0.2) is 67.8 Å². The molecule has 2 heterocycles. The van der Waals surface area contributed by atoms with E-state index in [0.717, 1.165) is 37.2 Å². The lowest BCUT2D eigenvalue weighted by Gasteiger charge is -2.33. The molecule has 3 unspecified atom stereocenters. The Kier molecular flexibility index (Phi) is 5.26. The van der Waals surface area contributed by atoms with Crippen molar-refractivity contribution in [3.63, 3.8) is 0 Å². The maximum absolute atomic E-state index is 6.42. The topological polar surface area (TPSA) is 34.3 Å². The van der Waals surface area contributed by atoms with Gasteiger partial charge in [-0.3, -0.25) is 0 Å². The molecule has 0 amide bonds. The third kappa shape index (κ3) is 4.22. The molecular weight excluding hydrogens is 336 g/mol. The zero-order valence-corrected chi connectivity index (χ0v) is 15.6. The fourth-order valence-electron chi connectivity index (χ4n) is 3.62. The van der Waals surface area contributed by atoms with Crippen LogP contribution in [0.3, 0.4) is 0 Å². The van der Waals surface area contributed by atoms with Crippen molar-refractivity contribution in [2.75, 3.05) is 19.8 Å². The van der Waals surface area contributed by atoms with Gasteiger partial charge in [0.1, 0.15) is 11.7 Å². The van der Waals surface area contributed by atoms with E-state index in [1.807, 2.05) is 18.2 Å². The summed E-state index contributed by atoms with van der Waals surface area (Å²) in [5.74, 6) is 0. The second-order valence-corrected chi connectivity index (χ2v) is 7.26. The normalized spacial score (nSPS) is 22.7. The third-order valence-electron chi connectivity index (χ3n) is 5.29. The van der Waals surface area contributed by atoms with Gasteiger partial charge in [0, 0.05) is 6.42 Å². The molecule has 3 nitrogen and oxygen atoms in total. The van der Waals surface area contributed by atoms with Crippen LogP contribution >= 0.6 is 0 Å². The fraction of sp³-hybridized carbons (Fsp3) is 0.333. The van der Waals surface area contributed by atoms with Crippen LogP contribution in [0.2, 0.25) is 0 Å². The molecule has 2 aliphatic rings. The molecule has 2 aromatic rings. The Labute approximate surface area is 161 Å². The van der Waals surface area contributed by atoms with Crippen LogP contribution in [0.4, 0.5) is 0 Å². The first kappa shape index (κ1) is 18.2. The zero-order valence-electron chi connectivity index (χ0n) is 15.6. The van der Waals surface area contributed by atoms with Gasteiger partial charge in [0.2, 0.25) is 0 Å². The molecule has 3 atom stereocenters. The van der Waals surface area contributed by atoms with Crippen LogP contribution in [0.25, 0.3) is 6.08 Å². The lowest BCUT2D eigenvalue weighted by atomic mass is 9.82. The van der Waals surface area contributed by atoms with Crippen LogP contribution < -0.4 is 0 Å². The first-order valence-electron chi connectivity index (χ1n) is 9.53. The summed E-state index contributed by atoms with van der Waals surface area (Å²) in [6, 6.07) is 16.9. The summed E-state index contributed by atoms with van der Waals surface area (Å²) in [6.45, 7) is 10.3. The minimum Gasteiger partial charge on any atom is -0.373 e. The number of hydrogen-bond acceptors (Lipinski definition) is 3. The minimum absolute atomic E-state index is 0.198. The van der Waals surface area contributed by atoms with Crippen LogP contribution in [0.5, 0.6) is 0 Å². The zero-order chi connectivity index (χ0) is 18.7. The van der Waals surface area contributed by atoms with Crippen molar-refractivity contribution in [3.8, 4) is 0 Å². The quantitative estimate of drug-likeness (QED) is 0.461. The van der Waals surface area contributed by atoms with Gasteiger partial charge in [-0.1, -0.05) is 73.8 Å². The van der Waals surface area contributed by atoms with Crippen molar-refractivity contribution >= 4 is 6.08 Å². The molecule has 0 bridgehead atoms.